The van der Waals surface area contributed by atoms with Gasteiger partial charge in [0.15, 0.2) is 0 Å². The number of hydrogen-bond acceptors (Lipinski definition) is 4. The van der Waals surface area contributed by atoms with Gasteiger partial charge in [0, 0.05) is 35.4 Å². The second-order valence-corrected chi connectivity index (χ2v) is 9.62. The Balaban J connectivity index is 1.76. The van der Waals surface area contributed by atoms with E-state index in [1.807, 2.05) is 24.4 Å². The molecule has 6 nitrogen and oxygen atoms in total. The highest BCUT2D eigenvalue weighted by molar-refractivity contribution is 7.10. The molecular formula is C25H29FN4O2S. The van der Waals surface area contributed by atoms with E-state index in [9.17, 15) is 14.0 Å². The third-order valence-electron chi connectivity index (χ3n) is 6.06. The number of amides is 2. The maximum absolute atomic E-state index is 14.2. The number of aromatic nitrogens is 2. The molecule has 2 amide bonds. The standard InChI is InChI=1S/C25H29FN4O2S/c1-17-22(16-29(2)28-17)24(25(32)27-19-9-4-3-5-10-19)30(20-11-6-8-18(26)14-20)23(31)15-21-12-7-13-33-21/h6-8,11-14,16,19,24H,3-5,9-10,15H2,1-2H3,(H,27,32)/t24-/m0/s1. The zero-order chi connectivity index (χ0) is 23.4. The van der Waals surface area contributed by atoms with Crippen LogP contribution in [0.25, 0.3) is 0 Å². The fourth-order valence-corrected chi connectivity index (χ4v) is 5.22. The molecule has 1 aliphatic carbocycles. The first-order valence-electron chi connectivity index (χ1n) is 11.3. The topological polar surface area (TPSA) is 67.2 Å². The van der Waals surface area contributed by atoms with Crippen LogP contribution in [0, 0.1) is 12.7 Å². The smallest absolute Gasteiger partial charge is 0.248 e. The molecule has 0 saturated heterocycles. The molecule has 4 rings (SSSR count). The zero-order valence-electron chi connectivity index (χ0n) is 19.0. The number of carbonyl (C=O) groups is 2. The summed E-state index contributed by atoms with van der Waals surface area (Å²) >= 11 is 1.48. The molecule has 2 aromatic heterocycles. The van der Waals surface area contributed by atoms with Gasteiger partial charge in [0.2, 0.25) is 11.8 Å². The van der Waals surface area contributed by atoms with Crippen LogP contribution in [0.2, 0.25) is 0 Å². The lowest BCUT2D eigenvalue weighted by molar-refractivity contribution is -0.127. The summed E-state index contributed by atoms with van der Waals surface area (Å²) in [6, 6.07) is 8.76. The quantitative estimate of drug-likeness (QED) is 0.547. The monoisotopic (exact) mass is 468 g/mol. The minimum Gasteiger partial charge on any atom is -0.351 e. The van der Waals surface area contributed by atoms with Crippen molar-refractivity contribution >= 4 is 28.8 Å². The van der Waals surface area contributed by atoms with Gasteiger partial charge in [-0.15, -0.1) is 11.3 Å². The van der Waals surface area contributed by atoms with Crippen molar-refractivity contribution in [2.45, 2.75) is 57.5 Å². The van der Waals surface area contributed by atoms with Gasteiger partial charge in [-0.05, 0) is 49.4 Å². The summed E-state index contributed by atoms with van der Waals surface area (Å²) in [5.41, 5.74) is 1.64. The number of halogens is 1. The van der Waals surface area contributed by atoms with Crippen LogP contribution in [0.3, 0.4) is 0 Å². The molecule has 0 aliphatic heterocycles. The van der Waals surface area contributed by atoms with Crippen LogP contribution in [0.1, 0.15) is 54.3 Å². The molecule has 1 aromatic carbocycles. The van der Waals surface area contributed by atoms with E-state index in [4.69, 9.17) is 0 Å². The number of aryl methyl sites for hydroxylation is 2. The largest absolute Gasteiger partial charge is 0.351 e. The van der Waals surface area contributed by atoms with Crippen LogP contribution in [0.4, 0.5) is 10.1 Å². The van der Waals surface area contributed by atoms with Crippen molar-refractivity contribution in [3.05, 3.63) is 69.9 Å². The maximum Gasteiger partial charge on any atom is 0.248 e. The van der Waals surface area contributed by atoms with Crippen molar-refractivity contribution in [1.82, 2.24) is 15.1 Å². The summed E-state index contributed by atoms with van der Waals surface area (Å²) in [5, 5.41) is 9.50. The molecule has 0 unspecified atom stereocenters. The Bertz CT molecular complexity index is 1110. The van der Waals surface area contributed by atoms with Crippen LogP contribution < -0.4 is 10.2 Å². The lowest BCUT2D eigenvalue weighted by Gasteiger charge is -2.33. The Labute approximate surface area is 197 Å². The molecule has 2 heterocycles. The van der Waals surface area contributed by atoms with Crippen LogP contribution in [0.5, 0.6) is 0 Å². The van der Waals surface area contributed by atoms with E-state index >= 15 is 0 Å². The number of nitrogens with one attached hydrogen (secondary N) is 1. The van der Waals surface area contributed by atoms with Gasteiger partial charge in [0.25, 0.3) is 0 Å². The second-order valence-electron chi connectivity index (χ2n) is 8.59. The minimum atomic E-state index is -0.949. The molecule has 33 heavy (non-hydrogen) atoms. The van der Waals surface area contributed by atoms with Crippen molar-refractivity contribution in [2.75, 3.05) is 4.90 Å². The third kappa shape index (κ3) is 5.50. The molecule has 1 aliphatic rings. The predicted octanol–water partition coefficient (Wildman–Crippen LogP) is 4.70. The normalized spacial score (nSPS) is 15.2. The highest BCUT2D eigenvalue weighted by Crippen LogP contribution is 2.32. The van der Waals surface area contributed by atoms with Crippen LogP contribution in [-0.4, -0.2) is 27.6 Å². The molecule has 1 saturated carbocycles. The fraction of sp³-hybridized carbons (Fsp3) is 0.400. The van der Waals surface area contributed by atoms with Gasteiger partial charge in [0.1, 0.15) is 11.9 Å². The first-order valence-corrected chi connectivity index (χ1v) is 12.2. The van der Waals surface area contributed by atoms with Crippen molar-refractivity contribution < 1.29 is 14.0 Å². The summed E-state index contributed by atoms with van der Waals surface area (Å²) in [6.45, 7) is 1.82. The van der Waals surface area contributed by atoms with E-state index in [2.05, 4.69) is 10.4 Å². The van der Waals surface area contributed by atoms with E-state index < -0.39 is 11.9 Å². The van der Waals surface area contributed by atoms with Gasteiger partial charge in [-0.25, -0.2) is 4.39 Å². The Morgan fingerprint density at radius 1 is 1.24 bits per heavy atom. The molecule has 8 heteroatoms. The SMILES string of the molecule is Cc1nn(C)cc1[C@@H](C(=O)NC1CCCCC1)N(C(=O)Cc1cccs1)c1cccc(F)c1. The highest BCUT2D eigenvalue weighted by atomic mass is 32.1. The number of benzene rings is 1. The lowest BCUT2D eigenvalue weighted by Crippen LogP contribution is -2.47. The molecule has 1 fully saturated rings. The molecule has 1 atom stereocenters. The van der Waals surface area contributed by atoms with E-state index in [-0.39, 0.29) is 24.3 Å². The van der Waals surface area contributed by atoms with E-state index in [0.29, 0.717) is 16.9 Å². The summed E-state index contributed by atoms with van der Waals surface area (Å²) in [7, 11) is 1.78. The van der Waals surface area contributed by atoms with E-state index in [0.717, 1.165) is 30.6 Å². The molecule has 1 N–H and O–H groups in total. The van der Waals surface area contributed by atoms with Gasteiger partial charge < -0.3 is 5.32 Å². The van der Waals surface area contributed by atoms with Crippen LogP contribution in [-0.2, 0) is 23.1 Å². The minimum absolute atomic E-state index is 0.0764. The average molecular weight is 469 g/mol. The van der Waals surface area contributed by atoms with Crippen LogP contribution in [0.15, 0.2) is 48.0 Å². The second kappa shape index (κ2) is 10.3. The Kier molecular flexibility index (Phi) is 7.23. The highest BCUT2D eigenvalue weighted by Gasteiger charge is 2.36. The molecule has 0 spiro atoms. The molecule has 3 aromatic rings. The summed E-state index contributed by atoms with van der Waals surface area (Å²) < 4.78 is 15.9. The van der Waals surface area contributed by atoms with E-state index in [1.54, 1.807) is 30.1 Å². The molecule has 0 bridgehead atoms. The number of anilines is 1. The first-order chi connectivity index (χ1) is 15.9. The predicted molar refractivity (Wildman–Crippen MR) is 128 cm³/mol. The molecule has 174 valence electrons. The summed E-state index contributed by atoms with van der Waals surface area (Å²) in [6.07, 6.45) is 7.07. The van der Waals surface area contributed by atoms with Crippen molar-refractivity contribution in [3.8, 4) is 0 Å². The number of nitrogens with zero attached hydrogens (tertiary/aromatic N) is 3. The van der Waals surface area contributed by atoms with Gasteiger partial charge in [-0.2, -0.15) is 5.10 Å². The summed E-state index contributed by atoms with van der Waals surface area (Å²) in [5.74, 6) is -0.993. The van der Waals surface area contributed by atoms with Gasteiger partial charge in [-0.1, -0.05) is 31.4 Å². The van der Waals surface area contributed by atoms with Gasteiger partial charge >= 0.3 is 0 Å². The molecular weight excluding hydrogens is 439 g/mol. The first kappa shape index (κ1) is 23.2. The van der Waals surface area contributed by atoms with Crippen molar-refractivity contribution in [3.63, 3.8) is 0 Å². The van der Waals surface area contributed by atoms with Crippen LogP contribution >= 0.6 is 11.3 Å². The fourth-order valence-electron chi connectivity index (χ4n) is 4.52. The average Bonchev–Trinajstić information content (AvgIpc) is 3.41. The van der Waals surface area contributed by atoms with E-state index in [1.165, 1.54) is 34.8 Å². The van der Waals surface area contributed by atoms with Crippen molar-refractivity contribution in [1.29, 1.82) is 0 Å². The number of carbonyl (C=O) groups excluding carboxylic acids is 2. The van der Waals surface area contributed by atoms with Gasteiger partial charge in [-0.3, -0.25) is 19.2 Å². The number of thiophene rings is 1. The maximum atomic E-state index is 14.2. The zero-order valence-corrected chi connectivity index (χ0v) is 19.8. The Morgan fingerprint density at radius 3 is 2.67 bits per heavy atom. The van der Waals surface area contributed by atoms with Crippen molar-refractivity contribution in [2.24, 2.45) is 7.05 Å². The third-order valence-corrected chi connectivity index (χ3v) is 6.94. The van der Waals surface area contributed by atoms with Gasteiger partial charge in [0.05, 0.1) is 12.1 Å². The number of hydrogen-bond donors (Lipinski definition) is 1. The Morgan fingerprint density at radius 2 is 2.03 bits per heavy atom. The lowest BCUT2D eigenvalue weighted by atomic mass is 9.94. The summed E-state index contributed by atoms with van der Waals surface area (Å²) in [4.78, 5) is 29.7. The molecule has 0 radical (unpaired) electrons. The Hall–Kier alpha value is -3.00. The number of rotatable bonds is 7.